The van der Waals surface area contributed by atoms with Crippen LogP contribution in [0.4, 0.5) is 10.1 Å². The van der Waals surface area contributed by atoms with Gasteiger partial charge in [0.1, 0.15) is 10.7 Å². The number of nitrogens with zero attached hydrogens (tertiary/aromatic N) is 1. The Bertz CT molecular complexity index is 1050. The monoisotopic (exact) mass is 466 g/mol. The third-order valence-corrected chi connectivity index (χ3v) is 7.47. The number of carbonyl (C=O) groups excluding carboxylic acids is 2. The molecule has 1 N–H and O–H groups in total. The number of esters is 1. The number of rotatable bonds is 7. The molecule has 0 atom stereocenters. The second kappa shape index (κ2) is 10.3. The first-order valence-corrected chi connectivity index (χ1v) is 12.4. The first-order valence-electron chi connectivity index (χ1n) is 9.72. The zero-order valence-corrected chi connectivity index (χ0v) is 18.6. The third-order valence-electron chi connectivity index (χ3n) is 4.81. The number of amides is 1. The van der Waals surface area contributed by atoms with Crippen molar-refractivity contribution in [1.82, 2.24) is 4.31 Å². The van der Waals surface area contributed by atoms with Gasteiger partial charge in [-0.3, -0.25) is 4.79 Å². The van der Waals surface area contributed by atoms with E-state index < -0.39 is 39.2 Å². The van der Waals surface area contributed by atoms with Crippen LogP contribution in [0.1, 0.15) is 29.6 Å². The molecule has 1 aliphatic heterocycles. The van der Waals surface area contributed by atoms with Crippen LogP contribution in [0.2, 0.25) is 0 Å². The molecule has 0 aliphatic carbocycles. The maximum Gasteiger partial charge on any atom is 0.338 e. The summed E-state index contributed by atoms with van der Waals surface area (Å²) in [5, 5.41) is 2.60. The average Bonchev–Trinajstić information content (AvgIpc) is 2.78. The summed E-state index contributed by atoms with van der Waals surface area (Å²) in [4.78, 5) is 24.8. The van der Waals surface area contributed by atoms with Crippen molar-refractivity contribution in [2.75, 3.05) is 31.3 Å². The first kappa shape index (κ1) is 23.2. The number of ether oxygens (including phenoxy) is 1. The van der Waals surface area contributed by atoms with Gasteiger partial charge in [0.05, 0.1) is 5.56 Å². The lowest BCUT2D eigenvalue weighted by molar-refractivity contribution is -0.119. The predicted molar refractivity (Wildman–Crippen MR) is 116 cm³/mol. The molecule has 0 unspecified atom stereocenters. The van der Waals surface area contributed by atoms with Crippen LogP contribution in [-0.2, 0) is 19.6 Å². The average molecular weight is 467 g/mol. The number of anilines is 1. The zero-order valence-electron chi connectivity index (χ0n) is 17.0. The van der Waals surface area contributed by atoms with Gasteiger partial charge < -0.3 is 10.1 Å². The standard InChI is InChI=1S/C21H23FN2O5S2/c1-30-17-8-6-16(7-9-17)23-20(25)14-29-21(26)15-5-10-18(22)19(13-15)31(27,28)24-11-3-2-4-12-24/h5-10,13H,2-4,11-12,14H2,1H3,(H,23,25). The predicted octanol–water partition coefficient (Wildman–Crippen LogP) is 3.52. The molecular weight excluding hydrogens is 443 g/mol. The summed E-state index contributed by atoms with van der Waals surface area (Å²) in [6.07, 6.45) is 4.27. The van der Waals surface area contributed by atoms with Gasteiger partial charge in [-0.1, -0.05) is 6.42 Å². The number of piperidine rings is 1. The molecule has 1 amide bonds. The van der Waals surface area contributed by atoms with Crippen molar-refractivity contribution < 1.29 is 27.1 Å². The van der Waals surface area contributed by atoms with Gasteiger partial charge >= 0.3 is 5.97 Å². The molecule has 10 heteroatoms. The van der Waals surface area contributed by atoms with E-state index in [1.807, 2.05) is 18.4 Å². The molecule has 0 saturated carbocycles. The van der Waals surface area contributed by atoms with Gasteiger partial charge in [-0.2, -0.15) is 4.31 Å². The number of sulfonamides is 1. The summed E-state index contributed by atoms with van der Waals surface area (Å²) in [7, 11) is -4.06. The second-order valence-corrected chi connectivity index (χ2v) is 9.75. The minimum Gasteiger partial charge on any atom is -0.452 e. The third kappa shape index (κ3) is 5.84. The van der Waals surface area contributed by atoms with Crippen LogP contribution in [0.25, 0.3) is 0 Å². The van der Waals surface area contributed by atoms with Crippen LogP contribution in [-0.4, -0.2) is 50.6 Å². The summed E-state index contributed by atoms with van der Waals surface area (Å²) in [5.41, 5.74) is 0.407. The second-order valence-electron chi connectivity index (χ2n) is 6.96. The minimum absolute atomic E-state index is 0.144. The van der Waals surface area contributed by atoms with E-state index in [1.54, 1.807) is 23.9 Å². The van der Waals surface area contributed by atoms with Crippen LogP contribution in [0.15, 0.2) is 52.3 Å². The van der Waals surface area contributed by atoms with Gasteiger partial charge in [-0.15, -0.1) is 11.8 Å². The summed E-state index contributed by atoms with van der Waals surface area (Å²) in [5.74, 6) is -2.40. The Morgan fingerprint density at radius 2 is 1.77 bits per heavy atom. The lowest BCUT2D eigenvalue weighted by Gasteiger charge is -2.26. The van der Waals surface area contributed by atoms with E-state index in [1.165, 1.54) is 4.31 Å². The molecule has 1 fully saturated rings. The molecule has 0 radical (unpaired) electrons. The SMILES string of the molecule is CSc1ccc(NC(=O)COC(=O)c2ccc(F)c(S(=O)(=O)N3CCCCC3)c2)cc1. The maximum absolute atomic E-state index is 14.3. The lowest BCUT2D eigenvalue weighted by Crippen LogP contribution is -2.36. The molecule has 3 rings (SSSR count). The van der Waals surface area contributed by atoms with Crippen molar-refractivity contribution in [2.45, 2.75) is 29.1 Å². The number of nitrogens with one attached hydrogen (secondary N) is 1. The largest absolute Gasteiger partial charge is 0.452 e. The Hall–Kier alpha value is -2.43. The molecule has 0 bridgehead atoms. The fourth-order valence-electron chi connectivity index (χ4n) is 3.16. The van der Waals surface area contributed by atoms with Gasteiger partial charge in [-0.05, 0) is 61.6 Å². The highest BCUT2D eigenvalue weighted by molar-refractivity contribution is 7.98. The van der Waals surface area contributed by atoms with Crippen molar-refractivity contribution >= 4 is 39.3 Å². The summed E-state index contributed by atoms with van der Waals surface area (Å²) in [6, 6.07) is 10.1. The number of thioether (sulfide) groups is 1. The van der Waals surface area contributed by atoms with Crippen LogP contribution < -0.4 is 5.32 Å². The molecular formula is C21H23FN2O5S2. The van der Waals surface area contributed by atoms with E-state index in [-0.39, 0.29) is 5.56 Å². The fourth-order valence-corrected chi connectivity index (χ4v) is 5.17. The lowest BCUT2D eigenvalue weighted by atomic mass is 10.2. The molecule has 166 valence electrons. The number of hydrogen-bond acceptors (Lipinski definition) is 6. The van der Waals surface area contributed by atoms with Crippen molar-refractivity contribution in [3.8, 4) is 0 Å². The van der Waals surface area contributed by atoms with Crippen LogP contribution in [0.5, 0.6) is 0 Å². The van der Waals surface area contributed by atoms with Crippen LogP contribution >= 0.6 is 11.8 Å². The topological polar surface area (TPSA) is 92.8 Å². The number of benzene rings is 2. The van der Waals surface area contributed by atoms with E-state index in [9.17, 15) is 22.4 Å². The highest BCUT2D eigenvalue weighted by Gasteiger charge is 2.29. The zero-order chi connectivity index (χ0) is 22.4. The highest BCUT2D eigenvalue weighted by Crippen LogP contribution is 2.24. The molecule has 1 aliphatic rings. The van der Waals surface area contributed by atoms with E-state index in [4.69, 9.17) is 4.74 Å². The molecule has 1 heterocycles. The van der Waals surface area contributed by atoms with E-state index in [2.05, 4.69) is 5.32 Å². The molecule has 7 nitrogen and oxygen atoms in total. The maximum atomic E-state index is 14.3. The quantitative estimate of drug-likeness (QED) is 0.496. The summed E-state index contributed by atoms with van der Waals surface area (Å²) >= 11 is 1.57. The van der Waals surface area contributed by atoms with E-state index in [0.717, 1.165) is 29.5 Å². The van der Waals surface area contributed by atoms with Crippen molar-refractivity contribution in [1.29, 1.82) is 0 Å². The van der Waals surface area contributed by atoms with Crippen molar-refractivity contribution in [3.05, 3.63) is 53.8 Å². The Balaban J connectivity index is 1.65. The fraction of sp³-hybridized carbons (Fsp3) is 0.333. The van der Waals surface area contributed by atoms with Gasteiger partial charge in [-0.25, -0.2) is 17.6 Å². The molecule has 2 aromatic rings. The van der Waals surface area contributed by atoms with Crippen LogP contribution in [0, 0.1) is 5.82 Å². The molecule has 0 aromatic heterocycles. The van der Waals surface area contributed by atoms with E-state index >= 15 is 0 Å². The van der Waals surface area contributed by atoms with Crippen LogP contribution in [0.3, 0.4) is 0 Å². The minimum atomic E-state index is -4.06. The van der Waals surface area contributed by atoms with E-state index in [0.29, 0.717) is 31.6 Å². The van der Waals surface area contributed by atoms with Gasteiger partial charge in [0, 0.05) is 23.7 Å². The molecule has 1 saturated heterocycles. The number of carbonyl (C=O) groups is 2. The van der Waals surface area contributed by atoms with Crippen molar-refractivity contribution in [3.63, 3.8) is 0 Å². The normalized spacial score (nSPS) is 14.8. The highest BCUT2D eigenvalue weighted by atomic mass is 32.2. The molecule has 31 heavy (non-hydrogen) atoms. The van der Waals surface area contributed by atoms with Gasteiger partial charge in [0.15, 0.2) is 6.61 Å². The molecule has 2 aromatic carbocycles. The first-order chi connectivity index (χ1) is 14.8. The summed E-state index contributed by atoms with van der Waals surface area (Å²) < 4.78 is 46.0. The molecule has 0 spiro atoms. The Kier molecular flexibility index (Phi) is 7.69. The Labute approximate surface area is 185 Å². The van der Waals surface area contributed by atoms with Gasteiger partial charge in [0.2, 0.25) is 10.0 Å². The van der Waals surface area contributed by atoms with Gasteiger partial charge in [0.25, 0.3) is 5.91 Å². The van der Waals surface area contributed by atoms with Crippen molar-refractivity contribution in [2.24, 2.45) is 0 Å². The summed E-state index contributed by atoms with van der Waals surface area (Å²) in [6.45, 7) is 0.0672. The smallest absolute Gasteiger partial charge is 0.338 e. The number of halogens is 1. The Morgan fingerprint density at radius 1 is 1.10 bits per heavy atom. The Morgan fingerprint density at radius 3 is 2.42 bits per heavy atom. The number of hydrogen-bond donors (Lipinski definition) is 1.